The largest absolute Gasteiger partial charge is 0.349 e. The van der Waals surface area contributed by atoms with Gasteiger partial charge in [0, 0.05) is 17.3 Å². The summed E-state index contributed by atoms with van der Waals surface area (Å²) in [4.78, 5) is 16.9. The summed E-state index contributed by atoms with van der Waals surface area (Å²) in [5, 5.41) is 6.00. The van der Waals surface area contributed by atoms with Crippen LogP contribution in [0, 0.1) is 5.41 Å². The van der Waals surface area contributed by atoms with Crippen LogP contribution in [-0.4, -0.2) is 17.4 Å². The molecule has 1 amide bonds. The maximum absolute atomic E-state index is 12.3. The number of hydrogen-bond acceptors (Lipinski definition) is 4. The van der Waals surface area contributed by atoms with Crippen molar-refractivity contribution in [1.82, 2.24) is 10.3 Å². The molecule has 0 aliphatic rings. The average Bonchev–Trinajstić information content (AvgIpc) is 2.88. The molecule has 0 aromatic carbocycles. The quantitative estimate of drug-likeness (QED) is 0.848. The number of thiazole rings is 1. The number of rotatable bonds is 6. The fraction of sp³-hybridized carbons (Fsp3) is 0.733. The van der Waals surface area contributed by atoms with Gasteiger partial charge in [-0.05, 0) is 12.8 Å². The van der Waals surface area contributed by atoms with Gasteiger partial charge in [0.05, 0.1) is 17.7 Å². The highest BCUT2D eigenvalue weighted by molar-refractivity contribution is 7.09. The predicted octanol–water partition coefficient (Wildman–Crippen LogP) is 2.82. The van der Waals surface area contributed by atoms with Crippen molar-refractivity contribution >= 4 is 17.2 Å². The number of carbonyl (C=O) groups excluding carboxylic acids is 1. The summed E-state index contributed by atoms with van der Waals surface area (Å²) < 4.78 is 0. The zero-order valence-corrected chi connectivity index (χ0v) is 14.1. The molecule has 1 heterocycles. The van der Waals surface area contributed by atoms with Crippen molar-refractivity contribution in [3.05, 3.63) is 16.1 Å². The fourth-order valence-electron chi connectivity index (χ4n) is 2.03. The van der Waals surface area contributed by atoms with Gasteiger partial charge in [-0.15, -0.1) is 11.3 Å². The number of nitrogens with zero attached hydrogens (tertiary/aromatic N) is 1. The molecule has 0 fully saturated rings. The zero-order chi connectivity index (χ0) is 15.4. The van der Waals surface area contributed by atoms with Gasteiger partial charge in [-0.1, -0.05) is 34.6 Å². The molecule has 1 rings (SSSR count). The lowest BCUT2D eigenvalue weighted by Gasteiger charge is -2.28. The first kappa shape index (κ1) is 17.1. The van der Waals surface area contributed by atoms with Crippen LogP contribution in [0.15, 0.2) is 5.38 Å². The molecule has 0 unspecified atom stereocenters. The number of nitrogens with two attached hydrogens (primary N) is 1. The second-order valence-corrected chi connectivity index (χ2v) is 7.19. The average molecular weight is 297 g/mol. The lowest BCUT2D eigenvalue weighted by atomic mass is 9.81. The molecule has 0 saturated carbocycles. The second kappa shape index (κ2) is 6.68. The molecule has 5 heteroatoms. The summed E-state index contributed by atoms with van der Waals surface area (Å²) in [5.41, 5.74) is 6.47. The third-order valence-electron chi connectivity index (χ3n) is 3.95. The Bertz CT molecular complexity index is 436. The van der Waals surface area contributed by atoms with Crippen LogP contribution in [-0.2, 0) is 16.8 Å². The standard InChI is InChI=1S/C15H27N3OS/c1-6-15(7-2,10-16)13(19)17-8-12-18-11(9-20-12)14(3,4)5/h9H,6-8,10,16H2,1-5H3,(H,17,19). The fourth-order valence-corrected chi connectivity index (χ4v) is 2.99. The van der Waals surface area contributed by atoms with E-state index in [0.29, 0.717) is 13.1 Å². The molecule has 0 spiro atoms. The number of hydrogen-bond donors (Lipinski definition) is 2. The zero-order valence-electron chi connectivity index (χ0n) is 13.2. The Morgan fingerprint density at radius 3 is 2.35 bits per heavy atom. The monoisotopic (exact) mass is 297 g/mol. The van der Waals surface area contributed by atoms with E-state index in [1.165, 1.54) is 0 Å². The minimum Gasteiger partial charge on any atom is -0.349 e. The molecule has 0 atom stereocenters. The van der Waals surface area contributed by atoms with E-state index in [9.17, 15) is 4.79 Å². The molecular weight excluding hydrogens is 270 g/mol. The number of carbonyl (C=O) groups is 1. The first-order chi connectivity index (χ1) is 9.29. The van der Waals surface area contributed by atoms with E-state index in [1.807, 2.05) is 13.8 Å². The highest BCUT2D eigenvalue weighted by atomic mass is 32.1. The molecule has 1 aromatic heterocycles. The lowest BCUT2D eigenvalue weighted by Crippen LogP contribution is -2.45. The molecule has 114 valence electrons. The molecule has 0 aliphatic carbocycles. The van der Waals surface area contributed by atoms with Crippen molar-refractivity contribution in [3.63, 3.8) is 0 Å². The third-order valence-corrected chi connectivity index (χ3v) is 4.80. The van der Waals surface area contributed by atoms with E-state index >= 15 is 0 Å². The van der Waals surface area contributed by atoms with E-state index in [-0.39, 0.29) is 11.3 Å². The SMILES string of the molecule is CCC(CC)(CN)C(=O)NCc1nc(C(C)(C)C)cs1. The van der Waals surface area contributed by atoms with Crippen LogP contribution in [0.5, 0.6) is 0 Å². The summed E-state index contributed by atoms with van der Waals surface area (Å²) in [6.07, 6.45) is 1.52. The third kappa shape index (κ3) is 3.79. The molecule has 0 radical (unpaired) electrons. The van der Waals surface area contributed by atoms with Crippen LogP contribution in [0.4, 0.5) is 0 Å². The van der Waals surface area contributed by atoms with Crippen LogP contribution in [0.2, 0.25) is 0 Å². The number of nitrogens with one attached hydrogen (secondary N) is 1. The molecule has 0 aliphatic heterocycles. The van der Waals surface area contributed by atoms with Crippen molar-refractivity contribution < 1.29 is 4.79 Å². The van der Waals surface area contributed by atoms with Gasteiger partial charge in [0.25, 0.3) is 0 Å². The van der Waals surface area contributed by atoms with E-state index < -0.39 is 5.41 Å². The first-order valence-corrected chi connectivity index (χ1v) is 8.10. The smallest absolute Gasteiger partial charge is 0.227 e. The minimum atomic E-state index is -0.440. The van der Waals surface area contributed by atoms with Crippen molar-refractivity contribution in [3.8, 4) is 0 Å². The topological polar surface area (TPSA) is 68.0 Å². The van der Waals surface area contributed by atoms with E-state index in [2.05, 4.69) is 36.5 Å². The summed E-state index contributed by atoms with van der Waals surface area (Å²) in [5.74, 6) is 0.0394. The van der Waals surface area contributed by atoms with Gasteiger partial charge in [0.1, 0.15) is 5.01 Å². The van der Waals surface area contributed by atoms with Crippen LogP contribution < -0.4 is 11.1 Å². The van der Waals surface area contributed by atoms with Gasteiger partial charge >= 0.3 is 0 Å². The molecule has 0 bridgehead atoms. The van der Waals surface area contributed by atoms with E-state index in [0.717, 1.165) is 23.5 Å². The van der Waals surface area contributed by atoms with Gasteiger partial charge in [-0.3, -0.25) is 4.79 Å². The summed E-state index contributed by atoms with van der Waals surface area (Å²) in [6, 6.07) is 0. The van der Waals surface area contributed by atoms with Gasteiger partial charge in [0.15, 0.2) is 0 Å². The highest BCUT2D eigenvalue weighted by Crippen LogP contribution is 2.26. The molecule has 1 aromatic rings. The first-order valence-electron chi connectivity index (χ1n) is 7.22. The molecule has 3 N–H and O–H groups in total. The van der Waals surface area contributed by atoms with Gasteiger partial charge in [0.2, 0.25) is 5.91 Å². The van der Waals surface area contributed by atoms with Gasteiger partial charge < -0.3 is 11.1 Å². The van der Waals surface area contributed by atoms with E-state index in [4.69, 9.17) is 5.73 Å². The Morgan fingerprint density at radius 1 is 1.35 bits per heavy atom. The molecular formula is C15H27N3OS. The maximum atomic E-state index is 12.3. The summed E-state index contributed by atoms with van der Waals surface area (Å²) >= 11 is 1.59. The summed E-state index contributed by atoms with van der Waals surface area (Å²) in [7, 11) is 0. The Kier molecular flexibility index (Phi) is 5.71. The van der Waals surface area contributed by atoms with Crippen LogP contribution in [0.3, 0.4) is 0 Å². The van der Waals surface area contributed by atoms with Crippen LogP contribution in [0.1, 0.15) is 58.2 Å². The Morgan fingerprint density at radius 2 is 1.95 bits per heavy atom. The Labute approximate surface area is 126 Å². The normalized spacial score (nSPS) is 12.5. The molecule has 0 saturated heterocycles. The predicted molar refractivity (Wildman–Crippen MR) is 84.7 cm³/mol. The minimum absolute atomic E-state index is 0.0394. The Hall–Kier alpha value is -0.940. The van der Waals surface area contributed by atoms with E-state index in [1.54, 1.807) is 11.3 Å². The highest BCUT2D eigenvalue weighted by Gasteiger charge is 2.33. The number of amides is 1. The second-order valence-electron chi connectivity index (χ2n) is 6.25. The van der Waals surface area contributed by atoms with Crippen molar-refractivity contribution in [2.45, 2.75) is 59.4 Å². The van der Waals surface area contributed by atoms with Crippen molar-refractivity contribution in [2.24, 2.45) is 11.1 Å². The van der Waals surface area contributed by atoms with Gasteiger partial charge in [-0.2, -0.15) is 0 Å². The molecule has 4 nitrogen and oxygen atoms in total. The van der Waals surface area contributed by atoms with Crippen LogP contribution in [0.25, 0.3) is 0 Å². The maximum Gasteiger partial charge on any atom is 0.227 e. The van der Waals surface area contributed by atoms with Gasteiger partial charge in [-0.25, -0.2) is 4.98 Å². The lowest BCUT2D eigenvalue weighted by molar-refractivity contribution is -0.131. The van der Waals surface area contributed by atoms with Crippen molar-refractivity contribution in [1.29, 1.82) is 0 Å². The molecule has 20 heavy (non-hydrogen) atoms. The Balaban J connectivity index is 2.68. The summed E-state index contributed by atoms with van der Waals surface area (Å²) in [6.45, 7) is 11.3. The number of aromatic nitrogens is 1. The van der Waals surface area contributed by atoms with Crippen molar-refractivity contribution in [2.75, 3.05) is 6.54 Å². The van der Waals surface area contributed by atoms with Crippen LogP contribution >= 0.6 is 11.3 Å².